The van der Waals surface area contributed by atoms with Gasteiger partial charge in [-0.05, 0) is 17.7 Å². The van der Waals surface area contributed by atoms with Crippen LogP contribution in [0.15, 0.2) is 30.5 Å². The van der Waals surface area contributed by atoms with Crippen molar-refractivity contribution in [3.05, 3.63) is 52.6 Å². The van der Waals surface area contributed by atoms with E-state index >= 15 is 0 Å². The van der Waals surface area contributed by atoms with Gasteiger partial charge in [-0.3, -0.25) is 4.68 Å². The average molecular weight is 255 g/mol. The molecule has 0 aliphatic carbocycles. The van der Waals surface area contributed by atoms with Gasteiger partial charge in [-0.2, -0.15) is 5.10 Å². The molecule has 0 saturated heterocycles. The Hall–Kier alpha value is -1.39. The molecular weight excluding hydrogens is 243 g/mol. The lowest BCUT2D eigenvalue weighted by Crippen LogP contribution is -2.04. The number of benzene rings is 1. The molecule has 0 aliphatic rings. The Morgan fingerprint density at radius 3 is 2.88 bits per heavy atom. The number of hydrogen-bond acceptors (Lipinski definition) is 2. The van der Waals surface area contributed by atoms with Gasteiger partial charge < -0.3 is 5.11 Å². The number of halogens is 2. The minimum absolute atomic E-state index is 0.0579. The highest BCUT2D eigenvalue weighted by molar-refractivity contribution is 6.31. The van der Waals surface area contributed by atoms with Crippen LogP contribution in [0.5, 0.6) is 0 Å². The van der Waals surface area contributed by atoms with Crippen LogP contribution in [0.1, 0.15) is 17.4 Å². The highest BCUT2D eigenvalue weighted by Gasteiger charge is 2.14. The molecule has 1 atom stereocenters. The molecule has 1 N–H and O–H groups in total. The van der Waals surface area contributed by atoms with E-state index in [9.17, 15) is 9.50 Å². The fraction of sp³-hybridized carbons (Fsp3) is 0.250. The summed E-state index contributed by atoms with van der Waals surface area (Å²) in [5.41, 5.74) is 1.12. The molecule has 0 spiro atoms. The number of aliphatic hydroxyl groups is 1. The van der Waals surface area contributed by atoms with Crippen molar-refractivity contribution in [1.82, 2.24) is 9.78 Å². The van der Waals surface area contributed by atoms with E-state index in [-0.39, 0.29) is 11.4 Å². The molecule has 0 saturated carbocycles. The number of aryl methyl sites for hydroxylation is 1. The molecule has 3 nitrogen and oxygen atoms in total. The van der Waals surface area contributed by atoms with Crippen molar-refractivity contribution in [2.45, 2.75) is 12.5 Å². The molecule has 90 valence electrons. The summed E-state index contributed by atoms with van der Waals surface area (Å²) in [5.74, 6) is -0.475. The van der Waals surface area contributed by atoms with Gasteiger partial charge >= 0.3 is 0 Å². The van der Waals surface area contributed by atoms with Gasteiger partial charge in [-0.15, -0.1) is 0 Å². The lowest BCUT2D eigenvalue weighted by atomic mass is 10.1. The molecule has 0 fully saturated rings. The summed E-state index contributed by atoms with van der Waals surface area (Å²) < 4.78 is 14.8. The van der Waals surface area contributed by atoms with Crippen molar-refractivity contribution < 1.29 is 9.50 Å². The van der Waals surface area contributed by atoms with E-state index in [0.717, 1.165) is 0 Å². The predicted molar refractivity (Wildman–Crippen MR) is 63.3 cm³/mol. The molecule has 2 rings (SSSR count). The Kier molecular flexibility index (Phi) is 3.45. The van der Waals surface area contributed by atoms with Crippen LogP contribution in [0.4, 0.5) is 4.39 Å². The number of aromatic nitrogens is 2. The van der Waals surface area contributed by atoms with Gasteiger partial charge in [-0.1, -0.05) is 23.7 Å². The summed E-state index contributed by atoms with van der Waals surface area (Å²) in [7, 11) is 1.77. The molecule has 0 amide bonds. The normalized spacial score (nSPS) is 12.7. The van der Waals surface area contributed by atoms with Crippen LogP contribution >= 0.6 is 11.6 Å². The first kappa shape index (κ1) is 12.1. The lowest BCUT2D eigenvalue weighted by molar-refractivity contribution is 0.172. The molecule has 5 heteroatoms. The van der Waals surface area contributed by atoms with E-state index in [2.05, 4.69) is 5.10 Å². The van der Waals surface area contributed by atoms with Crippen LogP contribution in [0.3, 0.4) is 0 Å². The van der Waals surface area contributed by atoms with Crippen LogP contribution in [-0.4, -0.2) is 14.9 Å². The minimum atomic E-state index is -0.782. The minimum Gasteiger partial charge on any atom is -0.386 e. The second kappa shape index (κ2) is 4.85. The molecular formula is C12H12ClFN2O. The first-order chi connectivity index (χ1) is 8.08. The van der Waals surface area contributed by atoms with Gasteiger partial charge in [0.25, 0.3) is 0 Å². The second-order valence-electron chi connectivity index (χ2n) is 3.85. The van der Waals surface area contributed by atoms with Crippen LogP contribution < -0.4 is 0 Å². The zero-order chi connectivity index (χ0) is 12.4. The average Bonchev–Trinajstić information content (AvgIpc) is 2.72. The summed E-state index contributed by atoms with van der Waals surface area (Å²) in [6.45, 7) is 0. The van der Waals surface area contributed by atoms with Crippen LogP contribution in [-0.2, 0) is 13.5 Å². The third kappa shape index (κ3) is 2.65. The van der Waals surface area contributed by atoms with Gasteiger partial charge in [-0.25, -0.2) is 4.39 Å². The van der Waals surface area contributed by atoms with Crippen LogP contribution in [0.2, 0.25) is 5.02 Å². The van der Waals surface area contributed by atoms with E-state index in [1.54, 1.807) is 36.1 Å². The number of aliphatic hydroxyl groups excluding tert-OH is 1. The highest BCUT2D eigenvalue weighted by Crippen LogP contribution is 2.24. The van der Waals surface area contributed by atoms with E-state index in [1.807, 2.05) is 0 Å². The maximum Gasteiger partial charge on any atom is 0.142 e. The van der Waals surface area contributed by atoms with Gasteiger partial charge in [0.15, 0.2) is 0 Å². The number of hydrogen-bond donors (Lipinski definition) is 1. The second-order valence-corrected chi connectivity index (χ2v) is 4.23. The molecule has 1 unspecified atom stereocenters. The van der Waals surface area contributed by atoms with Gasteiger partial charge in [0.2, 0.25) is 0 Å². The largest absolute Gasteiger partial charge is 0.386 e. The number of rotatable bonds is 3. The molecule has 2 aromatic rings. The number of nitrogens with zero attached hydrogens (tertiary/aromatic N) is 2. The molecule has 0 aliphatic heterocycles. The van der Waals surface area contributed by atoms with E-state index in [1.165, 1.54) is 6.07 Å². The predicted octanol–water partition coefficient (Wildman–Crippen LogP) is 2.49. The molecule has 1 aromatic heterocycles. The van der Waals surface area contributed by atoms with Crippen molar-refractivity contribution in [3.63, 3.8) is 0 Å². The summed E-state index contributed by atoms with van der Waals surface area (Å²) in [6.07, 6.45) is 1.20. The van der Waals surface area contributed by atoms with E-state index in [4.69, 9.17) is 11.6 Å². The van der Waals surface area contributed by atoms with Crippen molar-refractivity contribution in [3.8, 4) is 0 Å². The highest BCUT2D eigenvalue weighted by atomic mass is 35.5. The summed E-state index contributed by atoms with van der Waals surface area (Å²) >= 11 is 5.82. The standard InChI is InChI=1S/C12H12ClFN2O/c1-16-6-5-10(15-16)11(17)7-8-3-2-4-9(14)12(8)13/h2-6,11,17H,7H2,1H3. The zero-order valence-corrected chi connectivity index (χ0v) is 10.0. The summed E-state index contributed by atoms with van der Waals surface area (Å²) in [5, 5.41) is 14.1. The Balaban J connectivity index is 2.18. The Bertz CT molecular complexity index is 527. The van der Waals surface area contributed by atoms with E-state index < -0.39 is 11.9 Å². The van der Waals surface area contributed by atoms with Crippen molar-refractivity contribution >= 4 is 11.6 Å². The maximum atomic E-state index is 13.2. The Morgan fingerprint density at radius 1 is 1.47 bits per heavy atom. The SMILES string of the molecule is Cn1ccc(C(O)Cc2cccc(F)c2Cl)n1. The van der Waals surface area contributed by atoms with Crippen molar-refractivity contribution in [1.29, 1.82) is 0 Å². The zero-order valence-electron chi connectivity index (χ0n) is 9.27. The molecule has 0 radical (unpaired) electrons. The first-order valence-corrected chi connectivity index (χ1v) is 5.56. The smallest absolute Gasteiger partial charge is 0.142 e. The maximum absolute atomic E-state index is 13.2. The molecule has 0 bridgehead atoms. The lowest BCUT2D eigenvalue weighted by Gasteiger charge is -2.09. The van der Waals surface area contributed by atoms with Crippen LogP contribution in [0.25, 0.3) is 0 Å². The quantitative estimate of drug-likeness (QED) is 0.914. The Morgan fingerprint density at radius 2 is 2.24 bits per heavy atom. The summed E-state index contributed by atoms with van der Waals surface area (Å²) in [6, 6.07) is 6.27. The fourth-order valence-electron chi connectivity index (χ4n) is 1.63. The van der Waals surface area contributed by atoms with Crippen LogP contribution in [0, 0.1) is 5.82 Å². The molecule has 17 heavy (non-hydrogen) atoms. The topological polar surface area (TPSA) is 38.0 Å². The molecule has 1 heterocycles. The van der Waals surface area contributed by atoms with E-state index in [0.29, 0.717) is 11.3 Å². The third-order valence-electron chi connectivity index (χ3n) is 2.52. The molecule has 1 aromatic carbocycles. The fourth-order valence-corrected chi connectivity index (χ4v) is 1.83. The van der Waals surface area contributed by atoms with Crippen molar-refractivity contribution in [2.75, 3.05) is 0 Å². The first-order valence-electron chi connectivity index (χ1n) is 5.18. The monoisotopic (exact) mass is 254 g/mol. The summed E-state index contributed by atoms with van der Waals surface area (Å²) in [4.78, 5) is 0. The van der Waals surface area contributed by atoms with Crippen molar-refractivity contribution in [2.24, 2.45) is 7.05 Å². The van der Waals surface area contributed by atoms with Gasteiger partial charge in [0, 0.05) is 19.7 Å². The Labute approximate surface area is 103 Å². The third-order valence-corrected chi connectivity index (χ3v) is 2.94. The van der Waals surface area contributed by atoms with Gasteiger partial charge in [0.05, 0.1) is 10.7 Å². The van der Waals surface area contributed by atoms with Gasteiger partial charge in [0.1, 0.15) is 11.9 Å².